The molecule has 0 bridgehead atoms. The predicted molar refractivity (Wildman–Crippen MR) is 61.3 cm³/mol. The summed E-state index contributed by atoms with van der Waals surface area (Å²) in [5.41, 5.74) is 0. The van der Waals surface area contributed by atoms with Crippen LogP contribution in [0, 0.1) is 0 Å². The van der Waals surface area contributed by atoms with Gasteiger partial charge in [0.15, 0.2) is 0 Å². The second-order valence-electron chi connectivity index (χ2n) is 3.87. The molecule has 1 heterocycles. The van der Waals surface area contributed by atoms with Crippen molar-refractivity contribution in [1.29, 1.82) is 0 Å². The number of carbonyl (C=O) groups excluding carboxylic acids is 1. The van der Waals surface area contributed by atoms with Crippen molar-refractivity contribution in [2.45, 2.75) is 65.2 Å². The molecule has 1 fully saturated rings. The molecule has 0 aliphatic carbocycles. The zero-order valence-corrected chi connectivity index (χ0v) is 9.77. The summed E-state index contributed by atoms with van der Waals surface area (Å²) in [5.74, 6) is 0.225. The Morgan fingerprint density at radius 1 is 1.07 bits per heavy atom. The smallest absolute Gasteiger partial charge is 0.219 e. The minimum absolute atomic E-state index is 0.225. The van der Waals surface area contributed by atoms with Crippen LogP contribution in [0.15, 0.2) is 0 Å². The van der Waals surface area contributed by atoms with Gasteiger partial charge in [-0.25, -0.2) is 0 Å². The summed E-state index contributed by atoms with van der Waals surface area (Å²) in [4.78, 5) is 10.6. The van der Waals surface area contributed by atoms with Gasteiger partial charge in [-0.3, -0.25) is 4.79 Å². The van der Waals surface area contributed by atoms with Crippen LogP contribution >= 0.6 is 0 Å². The standard InChI is InChI=1S/C6H11NO.C6H14/c8-6-4-2-1-3-5-7-6;1-3-5-6-4-2/h1-5H2,(H,7,8);3-6H2,1-2H3. The zero-order chi connectivity index (χ0) is 10.6. The summed E-state index contributed by atoms with van der Waals surface area (Å²) >= 11 is 0. The normalized spacial score (nSPS) is 16.3. The maximum atomic E-state index is 10.6. The topological polar surface area (TPSA) is 29.1 Å². The van der Waals surface area contributed by atoms with Crippen molar-refractivity contribution in [2.24, 2.45) is 0 Å². The van der Waals surface area contributed by atoms with Crippen LogP contribution in [0.4, 0.5) is 0 Å². The largest absolute Gasteiger partial charge is 0.356 e. The molecule has 0 aromatic carbocycles. The van der Waals surface area contributed by atoms with Crippen LogP contribution in [0.1, 0.15) is 65.2 Å². The summed E-state index contributed by atoms with van der Waals surface area (Å²) in [7, 11) is 0. The Hall–Kier alpha value is -0.530. The fourth-order valence-corrected chi connectivity index (χ4v) is 1.40. The van der Waals surface area contributed by atoms with Crippen molar-refractivity contribution in [3.8, 4) is 0 Å². The SMILES string of the molecule is CCCCCC.O=C1CCCCCN1. The minimum Gasteiger partial charge on any atom is -0.356 e. The lowest BCUT2D eigenvalue weighted by molar-refractivity contribution is -0.120. The van der Waals surface area contributed by atoms with E-state index in [1.165, 1.54) is 32.1 Å². The molecule has 0 spiro atoms. The van der Waals surface area contributed by atoms with Gasteiger partial charge in [-0.1, -0.05) is 46.0 Å². The van der Waals surface area contributed by atoms with Gasteiger partial charge in [0, 0.05) is 13.0 Å². The van der Waals surface area contributed by atoms with Gasteiger partial charge >= 0.3 is 0 Å². The molecule has 2 nitrogen and oxygen atoms in total. The Kier molecular flexibility index (Phi) is 10.2. The van der Waals surface area contributed by atoms with E-state index < -0.39 is 0 Å². The second kappa shape index (κ2) is 10.6. The molecule has 2 heteroatoms. The lowest BCUT2D eigenvalue weighted by Gasteiger charge is -1.93. The molecule has 14 heavy (non-hydrogen) atoms. The van der Waals surface area contributed by atoms with Gasteiger partial charge in [0.05, 0.1) is 0 Å². The maximum absolute atomic E-state index is 10.6. The van der Waals surface area contributed by atoms with E-state index in [-0.39, 0.29) is 5.91 Å². The third-order valence-electron chi connectivity index (χ3n) is 2.36. The first-order valence-electron chi connectivity index (χ1n) is 6.08. The van der Waals surface area contributed by atoms with E-state index in [4.69, 9.17) is 0 Å². The first-order chi connectivity index (χ1) is 6.81. The fourth-order valence-electron chi connectivity index (χ4n) is 1.40. The van der Waals surface area contributed by atoms with Crippen LogP contribution in [0.5, 0.6) is 0 Å². The highest BCUT2D eigenvalue weighted by molar-refractivity contribution is 5.75. The minimum atomic E-state index is 0.225. The second-order valence-corrected chi connectivity index (χ2v) is 3.87. The molecule has 1 amide bonds. The fraction of sp³-hybridized carbons (Fsp3) is 0.917. The maximum Gasteiger partial charge on any atom is 0.219 e. The molecule has 1 N–H and O–H groups in total. The lowest BCUT2D eigenvalue weighted by Crippen LogP contribution is -2.21. The van der Waals surface area contributed by atoms with Gasteiger partial charge in [0.2, 0.25) is 5.91 Å². The Morgan fingerprint density at radius 2 is 1.71 bits per heavy atom. The van der Waals surface area contributed by atoms with Crippen molar-refractivity contribution in [2.75, 3.05) is 6.54 Å². The number of unbranched alkanes of at least 4 members (excludes halogenated alkanes) is 3. The lowest BCUT2D eigenvalue weighted by atomic mass is 10.2. The number of hydrogen-bond acceptors (Lipinski definition) is 1. The summed E-state index contributed by atoms with van der Waals surface area (Å²) in [6.45, 7) is 5.35. The Bertz CT molecular complexity index is 120. The van der Waals surface area contributed by atoms with Crippen molar-refractivity contribution < 1.29 is 4.79 Å². The van der Waals surface area contributed by atoms with Crippen molar-refractivity contribution in [3.05, 3.63) is 0 Å². The van der Waals surface area contributed by atoms with Gasteiger partial charge < -0.3 is 5.32 Å². The number of rotatable bonds is 3. The number of nitrogens with one attached hydrogen (secondary N) is 1. The molecule has 0 radical (unpaired) electrons. The van der Waals surface area contributed by atoms with Crippen molar-refractivity contribution in [1.82, 2.24) is 5.32 Å². The summed E-state index contributed by atoms with van der Waals surface area (Å²) < 4.78 is 0. The van der Waals surface area contributed by atoms with E-state index >= 15 is 0 Å². The number of carbonyl (C=O) groups is 1. The van der Waals surface area contributed by atoms with E-state index in [0.29, 0.717) is 0 Å². The molecule has 1 saturated heterocycles. The summed E-state index contributed by atoms with van der Waals surface area (Å²) in [6.07, 6.45) is 9.71. The molecule has 0 aromatic heterocycles. The van der Waals surface area contributed by atoms with Crippen molar-refractivity contribution >= 4 is 5.91 Å². The average molecular weight is 199 g/mol. The van der Waals surface area contributed by atoms with Gasteiger partial charge in [-0.15, -0.1) is 0 Å². The van der Waals surface area contributed by atoms with Crippen molar-refractivity contribution in [3.63, 3.8) is 0 Å². The van der Waals surface area contributed by atoms with E-state index in [1.54, 1.807) is 0 Å². The van der Waals surface area contributed by atoms with Crippen LogP contribution in [-0.4, -0.2) is 12.5 Å². The number of amides is 1. The third-order valence-corrected chi connectivity index (χ3v) is 2.36. The molecular weight excluding hydrogens is 174 g/mol. The van der Waals surface area contributed by atoms with Gasteiger partial charge in [-0.05, 0) is 12.8 Å². The monoisotopic (exact) mass is 199 g/mol. The highest BCUT2D eigenvalue weighted by Crippen LogP contribution is 2.02. The molecule has 0 unspecified atom stereocenters. The molecule has 0 atom stereocenters. The summed E-state index contributed by atoms with van der Waals surface area (Å²) in [5, 5.41) is 2.81. The van der Waals surface area contributed by atoms with Gasteiger partial charge in [-0.2, -0.15) is 0 Å². The first-order valence-corrected chi connectivity index (χ1v) is 6.08. The molecule has 84 valence electrons. The highest BCUT2D eigenvalue weighted by atomic mass is 16.1. The predicted octanol–water partition coefficient (Wildman–Crippen LogP) is 3.26. The Morgan fingerprint density at radius 3 is 2.29 bits per heavy atom. The van der Waals surface area contributed by atoms with Crippen LogP contribution < -0.4 is 5.32 Å². The van der Waals surface area contributed by atoms with Crippen LogP contribution in [0.2, 0.25) is 0 Å². The van der Waals surface area contributed by atoms with E-state index in [0.717, 1.165) is 25.8 Å². The molecule has 1 aliphatic heterocycles. The molecule has 0 aromatic rings. The molecule has 0 saturated carbocycles. The number of hydrogen-bond donors (Lipinski definition) is 1. The van der Waals surface area contributed by atoms with E-state index in [1.807, 2.05) is 0 Å². The van der Waals surface area contributed by atoms with E-state index in [2.05, 4.69) is 19.2 Å². The van der Waals surface area contributed by atoms with E-state index in [9.17, 15) is 4.79 Å². The van der Waals surface area contributed by atoms with Crippen LogP contribution in [-0.2, 0) is 4.79 Å². The van der Waals surface area contributed by atoms with Gasteiger partial charge in [0.25, 0.3) is 0 Å². The Labute approximate surface area is 88.5 Å². The molecule has 1 rings (SSSR count). The van der Waals surface area contributed by atoms with Crippen LogP contribution in [0.3, 0.4) is 0 Å². The summed E-state index contributed by atoms with van der Waals surface area (Å²) in [6, 6.07) is 0. The first kappa shape index (κ1) is 13.5. The highest BCUT2D eigenvalue weighted by Gasteiger charge is 2.03. The van der Waals surface area contributed by atoms with Crippen LogP contribution in [0.25, 0.3) is 0 Å². The molecule has 1 aliphatic rings. The average Bonchev–Trinajstić information content (AvgIpc) is 2.44. The third kappa shape index (κ3) is 9.56. The Balaban J connectivity index is 0.000000255. The molecular formula is C12H25NO. The zero-order valence-electron chi connectivity index (χ0n) is 9.77. The quantitative estimate of drug-likeness (QED) is 0.694. The van der Waals surface area contributed by atoms with Gasteiger partial charge in [0.1, 0.15) is 0 Å².